The van der Waals surface area contributed by atoms with Crippen LogP contribution in [-0.4, -0.2) is 104 Å². The Morgan fingerprint density at radius 2 is 1.69 bits per heavy atom. The average Bonchev–Trinajstić information content (AvgIpc) is 2.93. The van der Waals surface area contributed by atoms with E-state index in [-0.39, 0.29) is 11.9 Å². The van der Waals surface area contributed by atoms with Gasteiger partial charge in [0.05, 0.1) is 45.2 Å². The van der Waals surface area contributed by atoms with Gasteiger partial charge in [-0.2, -0.15) is 4.98 Å². The molecule has 3 aromatic rings. The Morgan fingerprint density at radius 3 is 2.42 bits per heavy atom. The summed E-state index contributed by atoms with van der Waals surface area (Å²) in [6, 6.07) is 9.52. The number of morpholine rings is 1. The number of carbonyl (C=O) groups is 1. The van der Waals surface area contributed by atoms with Gasteiger partial charge in [0.15, 0.2) is 17.3 Å². The van der Waals surface area contributed by atoms with Gasteiger partial charge in [-0.1, -0.05) is 0 Å². The minimum absolute atomic E-state index is 0.157. The summed E-state index contributed by atoms with van der Waals surface area (Å²) < 4.78 is 16.2. The molecule has 2 saturated heterocycles. The number of methoxy groups -OCH3 is 2. The Bertz CT molecular complexity index is 1240. The first-order valence-corrected chi connectivity index (χ1v) is 12.0. The number of hydrogen-bond acceptors (Lipinski definition) is 10. The molecule has 36 heavy (non-hydrogen) atoms. The second-order valence-corrected chi connectivity index (χ2v) is 8.80. The minimum Gasteiger partial charge on any atom is -0.493 e. The van der Waals surface area contributed by atoms with Crippen LogP contribution in [-0.2, 0) is 9.53 Å². The predicted octanol–water partition coefficient (Wildman–Crippen LogP) is 1.27. The van der Waals surface area contributed by atoms with Crippen LogP contribution < -0.4 is 20.1 Å². The molecule has 0 aliphatic carbocycles. The number of nitrogens with zero attached hydrogens (tertiary/aromatic N) is 6. The maximum absolute atomic E-state index is 12.6. The average molecular weight is 494 g/mol. The molecule has 0 unspecified atom stereocenters. The monoisotopic (exact) mass is 493 g/mol. The Labute approximate surface area is 209 Å². The van der Waals surface area contributed by atoms with Crippen molar-refractivity contribution in [3.63, 3.8) is 0 Å². The number of carbonyl (C=O) groups excluding carboxylic acids is 1. The molecule has 11 heteroatoms. The van der Waals surface area contributed by atoms with Crippen LogP contribution >= 0.6 is 0 Å². The van der Waals surface area contributed by atoms with Gasteiger partial charge in [0.1, 0.15) is 5.52 Å². The second kappa shape index (κ2) is 10.5. The van der Waals surface area contributed by atoms with E-state index in [1.165, 1.54) is 0 Å². The molecule has 2 aromatic heterocycles. The normalized spacial score (nSPS) is 16.8. The van der Waals surface area contributed by atoms with Crippen molar-refractivity contribution in [1.82, 2.24) is 24.8 Å². The highest BCUT2D eigenvalue weighted by atomic mass is 16.5. The largest absolute Gasteiger partial charge is 0.493 e. The van der Waals surface area contributed by atoms with Crippen LogP contribution in [0.3, 0.4) is 0 Å². The maximum Gasteiger partial charge on any atom is 0.236 e. The van der Waals surface area contributed by atoms with Crippen LogP contribution in [0, 0.1) is 0 Å². The van der Waals surface area contributed by atoms with E-state index in [1.54, 1.807) is 14.2 Å². The lowest BCUT2D eigenvalue weighted by atomic mass is 10.1. The van der Waals surface area contributed by atoms with Crippen molar-refractivity contribution in [2.75, 3.05) is 83.9 Å². The Balaban J connectivity index is 1.35. The molecule has 0 bridgehead atoms. The molecular formula is C25H31N7O4. The summed E-state index contributed by atoms with van der Waals surface area (Å²) in [7, 11) is 3.22. The number of piperazine rings is 1. The molecule has 2 fully saturated rings. The maximum atomic E-state index is 12.6. The molecule has 2 N–H and O–H groups in total. The SMILES string of the molecule is COc1ccc(-c2ccc3nc(N)nc(N4CCN(CC(=O)N5CCOCC5)CC4)c3n2)cc1OC. The number of hydrogen-bond donors (Lipinski definition) is 1. The Morgan fingerprint density at radius 1 is 0.944 bits per heavy atom. The smallest absolute Gasteiger partial charge is 0.236 e. The topological polar surface area (TPSA) is 119 Å². The van der Waals surface area contributed by atoms with E-state index in [2.05, 4.69) is 19.8 Å². The summed E-state index contributed by atoms with van der Waals surface area (Å²) in [5.41, 5.74) is 9.09. The van der Waals surface area contributed by atoms with Crippen molar-refractivity contribution in [2.45, 2.75) is 0 Å². The van der Waals surface area contributed by atoms with Crippen molar-refractivity contribution in [2.24, 2.45) is 0 Å². The fourth-order valence-electron chi connectivity index (χ4n) is 4.62. The van der Waals surface area contributed by atoms with Gasteiger partial charge < -0.3 is 29.7 Å². The van der Waals surface area contributed by atoms with Crippen LogP contribution in [0.25, 0.3) is 22.3 Å². The zero-order chi connectivity index (χ0) is 25.1. The molecule has 0 atom stereocenters. The molecule has 2 aliphatic heterocycles. The number of nitrogens with two attached hydrogens (primary N) is 1. The summed E-state index contributed by atoms with van der Waals surface area (Å²) in [6.07, 6.45) is 0. The van der Waals surface area contributed by atoms with Crippen LogP contribution in [0.4, 0.5) is 11.8 Å². The van der Waals surface area contributed by atoms with Crippen molar-refractivity contribution < 1.29 is 19.0 Å². The number of amides is 1. The van der Waals surface area contributed by atoms with Gasteiger partial charge in [0, 0.05) is 44.8 Å². The lowest BCUT2D eigenvalue weighted by Gasteiger charge is -2.36. The van der Waals surface area contributed by atoms with Gasteiger partial charge >= 0.3 is 0 Å². The zero-order valence-electron chi connectivity index (χ0n) is 20.6. The molecule has 11 nitrogen and oxygen atoms in total. The molecular weight excluding hydrogens is 462 g/mol. The number of rotatable bonds is 6. The van der Waals surface area contributed by atoms with Gasteiger partial charge in [-0.05, 0) is 30.3 Å². The summed E-state index contributed by atoms with van der Waals surface area (Å²) in [5.74, 6) is 2.36. The first-order valence-electron chi connectivity index (χ1n) is 12.0. The van der Waals surface area contributed by atoms with Gasteiger partial charge in [0.25, 0.3) is 0 Å². The molecule has 2 aliphatic rings. The molecule has 0 radical (unpaired) electrons. The lowest BCUT2D eigenvalue weighted by Crippen LogP contribution is -2.51. The third-order valence-corrected chi connectivity index (χ3v) is 6.61. The number of aromatic nitrogens is 3. The van der Waals surface area contributed by atoms with E-state index in [0.717, 1.165) is 24.3 Å². The Kier molecular flexibility index (Phi) is 7.01. The summed E-state index contributed by atoms with van der Waals surface area (Å²) in [5, 5.41) is 0. The van der Waals surface area contributed by atoms with Crippen LogP contribution in [0.5, 0.6) is 11.5 Å². The van der Waals surface area contributed by atoms with Crippen molar-refractivity contribution >= 4 is 28.7 Å². The quantitative estimate of drug-likeness (QED) is 0.538. The standard InChI is InChI=1S/C25H31N7O4/c1-34-20-6-3-17(15-21(20)35-2)18-4-5-19-23(27-18)24(29-25(26)28-19)32-9-7-30(8-10-32)16-22(33)31-11-13-36-14-12-31/h3-6,15H,7-14,16H2,1-2H3,(H2,26,28,29). The van der Waals surface area contributed by atoms with Crippen molar-refractivity contribution in [3.8, 4) is 22.8 Å². The molecule has 1 aromatic carbocycles. The lowest BCUT2D eigenvalue weighted by molar-refractivity contribution is -0.136. The van der Waals surface area contributed by atoms with Gasteiger partial charge in [-0.15, -0.1) is 0 Å². The van der Waals surface area contributed by atoms with Gasteiger partial charge in [-0.25, -0.2) is 9.97 Å². The highest BCUT2D eigenvalue weighted by molar-refractivity contribution is 5.89. The van der Waals surface area contributed by atoms with E-state index >= 15 is 0 Å². The first kappa shape index (κ1) is 24.0. The zero-order valence-corrected chi connectivity index (χ0v) is 20.6. The molecule has 4 heterocycles. The molecule has 190 valence electrons. The summed E-state index contributed by atoms with van der Waals surface area (Å²) in [6.45, 7) is 5.89. The van der Waals surface area contributed by atoms with E-state index in [4.69, 9.17) is 24.9 Å². The highest BCUT2D eigenvalue weighted by Gasteiger charge is 2.25. The number of benzene rings is 1. The molecule has 1 amide bonds. The predicted molar refractivity (Wildman–Crippen MR) is 136 cm³/mol. The van der Waals surface area contributed by atoms with Crippen molar-refractivity contribution in [1.29, 1.82) is 0 Å². The summed E-state index contributed by atoms with van der Waals surface area (Å²) in [4.78, 5) is 32.8. The number of anilines is 2. The van der Waals surface area contributed by atoms with Crippen molar-refractivity contribution in [3.05, 3.63) is 30.3 Å². The minimum atomic E-state index is 0.157. The number of nitrogen functional groups attached to an aromatic ring is 1. The van der Waals surface area contributed by atoms with Crippen LogP contribution in [0.1, 0.15) is 0 Å². The van der Waals surface area contributed by atoms with E-state index in [9.17, 15) is 4.79 Å². The first-order chi connectivity index (χ1) is 17.6. The number of fused-ring (bicyclic) bond motifs is 1. The van der Waals surface area contributed by atoms with E-state index in [0.29, 0.717) is 74.3 Å². The molecule has 5 rings (SSSR count). The van der Waals surface area contributed by atoms with Crippen LogP contribution in [0.2, 0.25) is 0 Å². The highest BCUT2D eigenvalue weighted by Crippen LogP contribution is 2.33. The van der Waals surface area contributed by atoms with E-state index in [1.807, 2.05) is 35.2 Å². The molecule has 0 spiro atoms. The third kappa shape index (κ3) is 4.98. The third-order valence-electron chi connectivity index (χ3n) is 6.61. The Hall–Kier alpha value is -3.70. The summed E-state index contributed by atoms with van der Waals surface area (Å²) >= 11 is 0. The van der Waals surface area contributed by atoms with E-state index < -0.39 is 0 Å². The molecule has 0 saturated carbocycles. The van der Waals surface area contributed by atoms with Gasteiger partial charge in [-0.3, -0.25) is 9.69 Å². The second-order valence-electron chi connectivity index (χ2n) is 8.80. The fraction of sp³-hybridized carbons (Fsp3) is 0.440. The van der Waals surface area contributed by atoms with Gasteiger partial charge in [0.2, 0.25) is 11.9 Å². The van der Waals surface area contributed by atoms with Crippen LogP contribution in [0.15, 0.2) is 30.3 Å². The fourth-order valence-corrected chi connectivity index (χ4v) is 4.62. The number of ether oxygens (including phenoxy) is 3. The number of pyridine rings is 1.